The van der Waals surface area contributed by atoms with Gasteiger partial charge in [0.05, 0.1) is 0 Å². The van der Waals surface area contributed by atoms with Crippen molar-refractivity contribution in [1.29, 1.82) is 0 Å². The molecule has 0 aliphatic rings. The SMILES string of the molecule is CCC(N(NC(=O)c1ccc(Br)cc1)C(N)=O)(C(F)(F)F)C(F)(F)F. The van der Waals surface area contributed by atoms with E-state index >= 15 is 0 Å². The highest BCUT2D eigenvalue weighted by molar-refractivity contribution is 9.10. The van der Waals surface area contributed by atoms with Crippen molar-refractivity contribution >= 4 is 27.9 Å². The molecule has 12 heteroatoms. The molecular formula is C13H12BrF6N3O2. The van der Waals surface area contributed by atoms with E-state index in [0.29, 0.717) is 11.4 Å². The van der Waals surface area contributed by atoms with E-state index in [-0.39, 0.29) is 5.56 Å². The van der Waals surface area contributed by atoms with Gasteiger partial charge in [-0.15, -0.1) is 0 Å². The van der Waals surface area contributed by atoms with Crippen LogP contribution in [-0.2, 0) is 0 Å². The van der Waals surface area contributed by atoms with Crippen molar-refractivity contribution in [2.24, 2.45) is 5.73 Å². The van der Waals surface area contributed by atoms with Gasteiger partial charge in [0.2, 0.25) is 0 Å². The minimum Gasteiger partial charge on any atom is -0.350 e. The first-order valence-corrected chi connectivity index (χ1v) is 7.37. The Hall–Kier alpha value is -1.98. The van der Waals surface area contributed by atoms with Gasteiger partial charge in [0.15, 0.2) is 0 Å². The van der Waals surface area contributed by atoms with E-state index in [0.717, 1.165) is 12.1 Å². The third-order valence-electron chi connectivity index (χ3n) is 3.37. The number of carbonyl (C=O) groups is 2. The Labute approximate surface area is 146 Å². The highest BCUT2D eigenvalue weighted by Gasteiger charge is 2.74. The van der Waals surface area contributed by atoms with Crippen LogP contribution in [0.5, 0.6) is 0 Å². The predicted molar refractivity (Wildman–Crippen MR) is 78.2 cm³/mol. The summed E-state index contributed by atoms with van der Waals surface area (Å²) in [4.78, 5) is 23.3. The molecular weight excluding hydrogens is 424 g/mol. The summed E-state index contributed by atoms with van der Waals surface area (Å²) in [5.41, 5.74) is 1.08. The van der Waals surface area contributed by atoms with Crippen molar-refractivity contribution < 1.29 is 35.9 Å². The number of carbonyl (C=O) groups excluding carboxylic acids is 2. The van der Waals surface area contributed by atoms with Crippen LogP contribution in [0.15, 0.2) is 28.7 Å². The van der Waals surface area contributed by atoms with E-state index in [1.54, 1.807) is 0 Å². The normalized spacial score (nSPS) is 12.6. The monoisotopic (exact) mass is 435 g/mol. The summed E-state index contributed by atoms with van der Waals surface area (Å²) in [6.07, 6.45) is -13.5. The molecule has 0 aliphatic carbocycles. The number of primary amides is 1. The lowest BCUT2D eigenvalue weighted by atomic mass is 9.93. The standard InChI is InChI=1S/C13H12BrF6N3O2/c1-2-11(12(15,16)17,13(18,19)20)23(10(21)25)22-9(24)7-3-5-8(14)6-4-7/h3-6H,2H2,1H3,(H2,21,25)(H,22,24). The van der Waals surface area contributed by atoms with E-state index in [1.807, 2.05) is 0 Å². The van der Waals surface area contributed by atoms with Crippen molar-refractivity contribution in [1.82, 2.24) is 10.4 Å². The summed E-state index contributed by atoms with van der Waals surface area (Å²) in [5, 5.41) is -0.919. The Balaban J connectivity index is 3.38. The quantitative estimate of drug-likeness (QED) is 0.560. The lowest BCUT2D eigenvalue weighted by Gasteiger charge is -2.43. The van der Waals surface area contributed by atoms with Crippen LogP contribution in [0.3, 0.4) is 0 Å². The molecule has 0 spiro atoms. The van der Waals surface area contributed by atoms with Gasteiger partial charge < -0.3 is 5.73 Å². The summed E-state index contributed by atoms with van der Waals surface area (Å²) in [6, 6.07) is 2.83. The number of nitrogens with zero attached hydrogens (tertiary/aromatic N) is 1. The van der Waals surface area contributed by atoms with Crippen molar-refractivity contribution in [3.63, 3.8) is 0 Å². The van der Waals surface area contributed by atoms with E-state index in [9.17, 15) is 35.9 Å². The predicted octanol–water partition coefficient (Wildman–Crippen LogP) is 3.75. The molecule has 3 amide bonds. The van der Waals surface area contributed by atoms with Crippen molar-refractivity contribution in [3.05, 3.63) is 34.3 Å². The molecule has 0 heterocycles. The van der Waals surface area contributed by atoms with Crippen LogP contribution in [0, 0.1) is 0 Å². The number of hydrazine groups is 1. The first kappa shape index (κ1) is 21.1. The number of urea groups is 1. The Kier molecular flexibility index (Phi) is 5.98. The molecule has 1 aromatic carbocycles. The summed E-state index contributed by atoms with van der Waals surface area (Å²) >= 11 is 3.05. The molecule has 0 bridgehead atoms. The first-order chi connectivity index (χ1) is 11.3. The van der Waals surface area contributed by atoms with Crippen LogP contribution in [-0.4, -0.2) is 34.8 Å². The van der Waals surface area contributed by atoms with Crippen molar-refractivity contribution in [2.75, 3.05) is 0 Å². The number of alkyl halides is 6. The van der Waals surface area contributed by atoms with Crippen LogP contribution in [0.2, 0.25) is 0 Å². The Morgan fingerprint density at radius 3 is 1.84 bits per heavy atom. The lowest BCUT2D eigenvalue weighted by molar-refractivity contribution is -0.337. The number of amides is 3. The average Bonchev–Trinajstić information content (AvgIpc) is 2.44. The molecule has 0 atom stereocenters. The van der Waals surface area contributed by atoms with Crippen molar-refractivity contribution in [3.8, 4) is 0 Å². The number of rotatable bonds is 3. The van der Waals surface area contributed by atoms with Gasteiger partial charge in [-0.1, -0.05) is 22.9 Å². The number of benzene rings is 1. The second kappa shape index (κ2) is 7.10. The molecule has 0 saturated carbocycles. The van der Waals surface area contributed by atoms with Gasteiger partial charge in [-0.3, -0.25) is 10.2 Å². The zero-order valence-corrected chi connectivity index (χ0v) is 14.1. The number of nitrogens with two attached hydrogens (primary N) is 1. The lowest BCUT2D eigenvalue weighted by Crippen LogP contribution is -2.73. The molecule has 0 aliphatic heterocycles. The van der Waals surface area contributed by atoms with Crippen LogP contribution in [0.1, 0.15) is 23.7 Å². The molecule has 0 saturated heterocycles. The van der Waals surface area contributed by atoms with Gasteiger partial charge in [0, 0.05) is 10.0 Å². The van der Waals surface area contributed by atoms with Gasteiger partial charge in [0.25, 0.3) is 11.4 Å². The molecule has 1 aromatic rings. The Morgan fingerprint density at radius 1 is 1.08 bits per heavy atom. The van der Waals surface area contributed by atoms with E-state index in [1.165, 1.54) is 17.6 Å². The molecule has 25 heavy (non-hydrogen) atoms. The fourth-order valence-corrected chi connectivity index (χ4v) is 2.34. The number of nitrogens with one attached hydrogen (secondary N) is 1. The van der Waals surface area contributed by atoms with Gasteiger partial charge in [-0.05, 0) is 30.7 Å². The molecule has 5 nitrogen and oxygen atoms in total. The second-order valence-electron chi connectivity index (χ2n) is 4.83. The molecule has 0 fully saturated rings. The zero-order chi connectivity index (χ0) is 19.6. The molecule has 0 unspecified atom stereocenters. The fraction of sp³-hybridized carbons (Fsp3) is 0.385. The van der Waals surface area contributed by atoms with E-state index in [2.05, 4.69) is 15.9 Å². The maximum absolute atomic E-state index is 13.3. The first-order valence-electron chi connectivity index (χ1n) is 6.57. The van der Waals surface area contributed by atoms with E-state index in [4.69, 9.17) is 5.73 Å². The summed E-state index contributed by atoms with van der Waals surface area (Å²) in [6.45, 7) is 0.572. The third kappa shape index (κ3) is 3.99. The Morgan fingerprint density at radius 2 is 1.52 bits per heavy atom. The molecule has 3 N–H and O–H groups in total. The topological polar surface area (TPSA) is 75.4 Å². The third-order valence-corrected chi connectivity index (χ3v) is 3.90. The zero-order valence-electron chi connectivity index (χ0n) is 12.5. The van der Waals surface area contributed by atoms with Gasteiger partial charge in [0.1, 0.15) is 0 Å². The molecule has 140 valence electrons. The van der Waals surface area contributed by atoms with Gasteiger partial charge in [-0.25, -0.2) is 9.80 Å². The average molecular weight is 436 g/mol. The number of halogens is 7. The molecule has 0 aromatic heterocycles. The fourth-order valence-electron chi connectivity index (χ4n) is 2.08. The summed E-state index contributed by atoms with van der Waals surface area (Å²) in [5.74, 6) is -1.36. The number of hydrogen-bond acceptors (Lipinski definition) is 2. The maximum atomic E-state index is 13.3. The molecule has 0 radical (unpaired) electrons. The highest BCUT2D eigenvalue weighted by atomic mass is 79.9. The summed E-state index contributed by atoms with van der Waals surface area (Å²) < 4.78 is 80.1. The van der Waals surface area contributed by atoms with Crippen LogP contribution < -0.4 is 11.2 Å². The minimum absolute atomic E-state index is 0.274. The molecule has 1 rings (SSSR count). The van der Waals surface area contributed by atoms with Crippen LogP contribution in [0.25, 0.3) is 0 Å². The minimum atomic E-state index is -5.94. The van der Waals surface area contributed by atoms with Gasteiger partial charge in [-0.2, -0.15) is 26.3 Å². The second-order valence-corrected chi connectivity index (χ2v) is 5.75. The van der Waals surface area contributed by atoms with Gasteiger partial charge >= 0.3 is 18.4 Å². The highest BCUT2D eigenvalue weighted by Crippen LogP contribution is 2.48. The largest absolute Gasteiger partial charge is 0.422 e. The Bertz CT molecular complexity index is 631. The van der Waals surface area contributed by atoms with E-state index < -0.39 is 41.3 Å². The maximum Gasteiger partial charge on any atom is 0.422 e. The van der Waals surface area contributed by atoms with Crippen molar-refractivity contribution in [2.45, 2.75) is 31.2 Å². The van der Waals surface area contributed by atoms with Crippen LogP contribution >= 0.6 is 15.9 Å². The van der Waals surface area contributed by atoms with Crippen LogP contribution in [0.4, 0.5) is 31.1 Å². The number of hydrogen-bond donors (Lipinski definition) is 2. The smallest absolute Gasteiger partial charge is 0.350 e. The summed E-state index contributed by atoms with van der Waals surface area (Å²) in [7, 11) is 0.